The van der Waals surface area contributed by atoms with Crippen molar-refractivity contribution in [2.75, 3.05) is 5.73 Å². The van der Waals surface area contributed by atoms with Crippen molar-refractivity contribution in [3.8, 4) is 0 Å². The Balaban J connectivity index is 0.00000172. The molecule has 1 rings (SSSR count). The lowest BCUT2D eigenvalue weighted by Gasteiger charge is -2.20. The highest BCUT2D eigenvalue weighted by Gasteiger charge is 2.16. The SMILES string of the molecule is CC.Cc1cc(N)nc(C)c1CNC(=O)OC(C)(C)C. The molecule has 0 aliphatic heterocycles. The van der Waals surface area contributed by atoms with E-state index in [0.29, 0.717) is 12.4 Å². The molecule has 0 radical (unpaired) electrons. The van der Waals surface area contributed by atoms with Crippen molar-refractivity contribution in [3.63, 3.8) is 0 Å². The second-order valence-corrected chi connectivity index (χ2v) is 5.28. The molecule has 0 aliphatic rings. The molecule has 5 heteroatoms. The number of aromatic nitrogens is 1. The predicted octanol–water partition coefficient (Wildman–Crippen LogP) is 3.33. The zero-order chi connectivity index (χ0) is 15.9. The van der Waals surface area contributed by atoms with Gasteiger partial charge in [0, 0.05) is 12.2 Å². The number of nitrogens with zero attached hydrogens (tertiary/aromatic N) is 1. The smallest absolute Gasteiger partial charge is 0.407 e. The lowest BCUT2D eigenvalue weighted by atomic mass is 10.1. The Morgan fingerprint density at radius 1 is 1.35 bits per heavy atom. The van der Waals surface area contributed by atoms with Crippen LogP contribution in [-0.4, -0.2) is 16.7 Å². The van der Waals surface area contributed by atoms with E-state index in [1.54, 1.807) is 6.07 Å². The van der Waals surface area contributed by atoms with Crippen LogP contribution >= 0.6 is 0 Å². The van der Waals surface area contributed by atoms with Gasteiger partial charge in [-0.05, 0) is 51.8 Å². The Morgan fingerprint density at radius 2 is 1.90 bits per heavy atom. The molecule has 114 valence electrons. The lowest BCUT2D eigenvalue weighted by Crippen LogP contribution is -2.32. The normalized spacial score (nSPS) is 10.3. The molecule has 1 amide bonds. The van der Waals surface area contributed by atoms with E-state index in [1.165, 1.54) is 0 Å². The van der Waals surface area contributed by atoms with Crippen LogP contribution < -0.4 is 11.1 Å². The van der Waals surface area contributed by atoms with Gasteiger partial charge in [0.1, 0.15) is 11.4 Å². The number of hydrogen-bond acceptors (Lipinski definition) is 4. The second kappa shape index (κ2) is 7.72. The molecule has 5 nitrogen and oxygen atoms in total. The van der Waals surface area contributed by atoms with E-state index in [0.717, 1.165) is 16.8 Å². The molecule has 0 fully saturated rings. The fourth-order valence-corrected chi connectivity index (χ4v) is 1.63. The van der Waals surface area contributed by atoms with E-state index < -0.39 is 11.7 Å². The number of carbonyl (C=O) groups is 1. The molecule has 20 heavy (non-hydrogen) atoms. The Bertz CT molecular complexity index is 428. The number of nitrogens with one attached hydrogen (secondary N) is 1. The van der Waals surface area contributed by atoms with Gasteiger partial charge in [0.25, 0.3) is 0 Å². The molecule has 0 aliphatic carbocycles. The van der Waals surface area contributed by atoms with E-state index in [9.17, 15) is 4.79 Å². The number of pyridine rings is 1. The zero-order valence-electron chi connectivity index (χ0n) is 13.6. The Morgan fingerprint density at radius 3 is 2.35 bits per heavy atom. The summed E-state index contributed by atoms with van der Waals surface area (Å²) in [5, 5.41) is 2.71. The number of aryl methyl sites for hydroxylation is 2. The molecule has 3 N–H and O–H groups in total. The molecule has 0 aromatic carbocycles. The van der Waals surface area contributed by atoms with Gasteiger partial charge in [-0.2, -0.15) is 0 Å². The van der Waals surface area contributed by atoms with Gasteiger partial charge in [-0.3, -0.25) is 0 Å². The van der Waals surface area contributed by atoms with Gasteiger partial charge in [0.05, 0.1) is 0 Å². The standard InChI is InChI=1S/C13H21N3O2.C2H6/c1-8-6-11(14)16-9(2)10(8)7-15-12(17)18-13(3,4)5;1-2/h6H,7H2,1-5H3,(H2,14,16)(H,15,17);1-2H3. The first kappa shape index (κ1) is 18.2. The maximum Gasteiger partial charge on any atom is 0.407 e. The molecule has 0 spiro atoms. The summed E-state index contributed by atoms with van der Waals surface area (Å²) in [6, 6.07) is 1.79. The number of ether oxygens (including phenoxy) is 1. The summed E-state index contributed by atoms with van der Waals surface area (Å²) in [6.07, 6.45) is -0.432. The minimum atomic E-state index is -0.493. The topological polar surface area (TPSA) is 77.2 Å². The molecule has 0 atom stereocenters. The van der Waals surface area contributed by atoms with Crippen molar-refractivity contribution in [1.82, 2.24) is 10.3 Å². The van der Waals surface area contributed by atoms with Gasteiger partial charge >= 0.3 is 6.09 Å². The van der Waals surface area contributed by atoms with E-state index in [2.05, 4.69) is 10.3 Å². The van der Waals surface area contributed by atoms with Crippen molar-refractivity contribution in [1.29, 1.82) is 0 Å². The van der Waals surface area contributed by atoms with Gasteiger partial charge in [-0.15, -0.1) is 0 Å². The van der Waals surface area contributed by atoms with Gasteiger partial charge in [-0.25, -0.2) is 9.78 Å². The van der Waals surface area contributed by atoms with Gasteiger partial charge in [0.15, 0.2) is 0 Å². The minimum absolute atomic E-state index is 0.389. The van der Waals surface area contributed by atoms with Crippen molar-refractivity contribution in [2.24, 2.45) is 0 Å². The lowest BCUT2D eigenvalue weighted by molar-refractivity contribution is 0.0523. The molecule has 1 heterocycles. The molecule has 0 unspecified atom stereocenters. The monoisotopic (exact) mass is 281 g/mol. The molecule has 0 saturated heterocycles. The minimum Gasteiger partial charge on any atom is -0.444 e. The van der Waals surface area contributed by atoms with E-state index >= 15 is 0 Å². The molecular weight excluding hydrogens is 254 g/mol. The summed E-state index contributed by atoms with van der Waals surface area (Å²) in [5.41, 5.74) is 7.95. The molecule has 1 aromatic heterocycles. The summed E-state index contributed by atoms with van der Waals surface area (Å²) < 4.78 is 5.17. The Kier molecular flexibility index (Phi) is 7.04. The first-order chi connectivity index (χ1) is 9.19. The predicted molar refractivity (Wildman–Crippen MR) is 82.5 cm³/mol. The number of anilines is 1. The number of alkyl carbamates (subject to hydrolysis) is 1. The molecule has 0 bridgehead atoms. The number of rotatable bonds is 2. The number of amides is 1. The Labute approximate surface area is 121 Å². The molecule has 1 aromatic rings. The van der Waals surface area contributed by atoms with Gasteiger partial charge in [0.2, 0.25) is 0 Å². The van der Waals surface area contributed by atoms with Crippen molar-refractivity contribution < 1.29 is 9.53 Å². The van der Waals surface area contributed by atoms with Crippen LogP contribution in [-0.2, 0) is 11.3 Å². The summed E-state index contributed by atoms with van der Waals surface area (Å²) >= 11 is 0. The van der Waals surface area contributed by atoms with Crippen LogP contribution in [0.4, 0.5) is 10.6 Å². The number of nitrogens with two attached hydrogens (primary N) is 1. The van der Waals surface area contributed by atoms with E-state index in [1.807, 2.05) is 48.5 Å². The van der Waals surface area contributed by atoms with Crippen LogP contribution in [0.3, 0.4) is 0 Å². The van der Waals surface area contributed by atoms with Crippen molar-refractivity contribution in [3.05, 3.63) is 22.9 Å². The van der Waals surface area contributed by atoms with E-state index in [-0.39, 0.29) is 0 Å². The van der Waals surface area contributed by atoms with Crippen LogP contribution in [0.2, 0.25) is 0 Å². The molecular formula is C15H27N3O2. The summed E-state index contributed by atoms with van der Waals surface area (Å²) in [5.74, 6) is 0.492. The highest BCUT2D eigenvalue weighted by atomic mass is 16.6. The average Bonchev–Trinajstić information content (AvgIpc) is 2.27. The number of hydrogen-bond donors (Lipinski definition) is 2. The zero-order valence-corrected chi connectivity index (χ0v) is 13.6. The fourth-order valence-electron chi connectivity index (χ4n) is 1.63. The first-order valence-electron chi connectivity index (χ1n) is 6.88. The molecule has 0 saturated carbocycles. The van der Waals surface area contributed by atoms with Crippen LogP contribution in [0, 0.1) is 13.8 Å². The summed E-state index contributed by atoms with van der Waals surface area (Å²) in [7, 11) is 0. The number of carbonyl (C=O) groups excluding carboxylic acids is 1. The highest BCUT2D eigenvalue weighted by Crippen LogP contribution is 2.14. The van der Waals surface area contributed by atoms with Crippen molar-refractivity contribution >= 4 is 11.9 Å². The van der Waals surface area contributed by atoms with Crippen LogP contribution in [0.1, 0.15) is 51.4 Å². The average molecular weight is 281 g/mol. The third-order valence-corrected chi connectivity index (χ3v) is 2.38. The van der Waals surface area contributed by atoms with Crippen LogP contribution in [0.15, 0.2) is 6.07 Å². The van der Waals surface area contributed by atoms with Gasteiger partial charge < -0.3 is 15.8 Å². The summed E-state index contributed by atoms with van der Waals surface area (Å²) in [4.78, 5) is 15.7. The number of nitrogen functional groups attached to an aromatic ring is 1. The van der Waals surface area contributed by atoms with Crippen molar-refractivity contribution in [2.45, 2.75) is 60.6 Å². The fraction of sp³-hybridized carbons (Fsp3) is 0.600. The first-order valence-corrected chi connectivity index (χ1v) is 6.88. The third-order valence-electron chi connectivity index (χ3n) is 2.38. The van der Waals surface area contributed by atoms with Crippen LogP contribution in [0.25, 0.3) is 0 Å². The summed E-state index contributed by atoms with van der Waals surface area (Å²) in [6.45, 7) is 13.7. The third kappa shape index (κ3) is 6.41. The largest absolute Gasteiger partial charge is 0.444 e. The maximum atomic E-state index is 11.5. The Hall–Kier alpha value is -1.78. The highest BCUT2D eigenvalue weighted by molar-refractivity contribution is 5.67. The second-order valence-electron chi connectivity index (χ2n) is 5.28. The maximum absolute atomic E-state index is 11.5. The quantitative estimate of drug-likeness (QED) is 0.871. The van der Waals surface area contributed by atoms with Crippen LogP contribution in [0.5, 0.6) is 0 Å². The van der Waals surface area contributed by atoms with E-state index in [4.69, 9.17) is 10.5 Å². The van der Waals surface area contributed by atoms with Gasteiger partial charge in [-0.1, -0.05) is 13.8 Å².